The van der Waals surface area contributed by atoms with Crippen LogP contribution in [-0.4, -0.2) is 19.0 Å². The van der Waals surface area contributed by atoms with Gasteiger partial charge >= 0.3 is 5.97 Å². The van der Waals surface area contributed by atoms with E-state index < -0.39 is 5.97 Å². The summed E-state index contributed by atoms with van der Waals surface area (Å²) < 4.78 is 4.80. The molecule has 0 atom stereocenters. The third kappa shape index (κ3) is 5.03. The highest BCUT2D eigenvalue weighted by atomic mass is 32.1. The van der Waals surface area contributed by atoms with E-state index in [0.717, 1.165) is 22.5 Å². The molecule has 1 amide bonds. The molecular formula is C23H24N2O3S. The second-order valence-electron chi connectivity index (χ2n) is 6.61. The number of carbonyl (C=O) groups is 2. The Morgan fingerprint density at radius 3 is 2.62 bits per heavy atom. The normalized spacial score (nSPS) is 10.4. The molecule has 0 aliphatic rings. The van der Waals surface area contributed by atoms with E-state index in [4.69, 9.17) is 4.74 Å². The van der Waals surface area contributed by atoms with Crippen molar-refractivity contribution in [2.75, 3.05) is 17.7 Å². The van der Waals surface area contributed by atoms with Gasteiger partial charge in [-0.2, -0.15) is 0 Å². The number of esters is 1. The van der Waals surface area contributed by atoms with E-state index in [2.05, 4.69) is 29.7 Å². The van der Waals surface area contributed by atoms with Gasteiger partial charge in [-0.25, -0.2) is 4.79 Å². The van der Waals surface area contributed by atoms with Crippen LogP contribution >= 0.6 is 11.3 Å². The Kier molecular flexibility index (Phi) is 6.67. The van der Waals surface area contributed by atoms with Crippen molar-refractivity contribution in [2.24, 2.45) is 0 Å². The second-order valence-corrected chi connectivity index (χ2v) is 7.87. The molecule has 0 fully saturated rings. The number of methoxy groups -OCH3 is 1. The molecule has 0 aliphatic carbocycles. The first-order valence-electron chi connectivity index (χ1n) is 9.42. The number of hydrogen-bond donors (Lipinski definition) is 2. The van der Waals surface area contributed by atoms with Crippen LogP contribution in [0.15, 0.2) is 54.6 Å². The predicted octanol–water partition coefficient (Wildman–Crippen LogP) is 5.27. The highest BCUT2D eigenvalue weighted by Crippen LogP contribution is 2.28. The molecule has 1 aromatic heterocycles. The third-order valence-corrected chi connectivity index (χ3v) is 5.52. The molecule has 0 saturated carbocycles. The van der Waals surface area contributed by atoms with Gasteiger partial charge in [0.25, 0.3) is 5.91 Å². The number of para-hydroxylation sites is 1. The van der Waals surface area contributed by atoms with Crippen LogP contribution in [0.25, 0.3) is 0 Å². The molecule has 0 saturated heterocycles. The van der Waals surface area contributed by atoms with Crippen molar-refractivity contribution in [2.45, 2.75) is 26.8 Å². The van der Waals surface area contributed by atoms with Crippen LogP contribution in [0.5, 0.6) is 0 Å². The topological polar surface area (TPSA) is 67.4 Å². The summed E-state index contributed by atoms with van der Waals surface area (Å²) in [6.07, 6.45) is 0.953. The van der Waals surface area contributed by atoms with Crippen LogP contribution in [-0.2, 0) is 17.7 Å². The van der Waals surface area contributed by atoms with Crippen LogP contribution in [0.3, 0.4) is 0 Å². The number of ether oxygens (including phenoxy) is 1. The number of hydrogen-bond acceptors (Lipinski definition) is 5. The van der Waals surface area contributed by atoms with E-state index >= 15 is 0 Å². The minimum absolute atomic E-state index is 0.257. The number of thiophene rings is 1. The molecule has 150 valence electrons. The van der Waals surface area contributed by atoms with Crippen molar-refractivity contribution in [3.05, 3.63) is 81.7 Å². The average molecular weight is 409 g/mol. The number of anilines is 2. The van der Waals surface area contributed by atoms with Crippen molar-refractivity contribution in [1.82, 2.24) is 0 Å². The summed E-state index contributed by atoms with van der Waals surface area (Å²) in [5.74, 6) is -0.718. The zero-order valence-electron chi connectivity index (χ0n) is 16.7. The van der Waals surface area contributed by atoms with Crippen molar-refractivity contribution < 1.29 is 14.3 Å². The molecule has 3 rings (SSSR count). The van der Waals surface area contributed by atoms with E-state index in [-0.39, 0.29) is 5.91 Å². The first kappa shape index (κ1) is 20.6. The maximum absolute atomic E-state index is 12.7. The Hall–Kier alpha value is -3.12. The van der Waals surface area contributed by atoms with Crippen LogP contribution in [0, 0.1) is 6.92 Å². The molecule has 0 spiro atoms. The van der Waals surface area contributed by atoms with E-state index in [1.54, 1.807) is 12.1 Å². The number of benzene rings is 2. The molecule has 2 aromatic carbocycles. The zero-order chi connectivity index (χ0) is 20.8. The van der Waals surface area contributed by atoms with Crippen molar-refractivity contribution in [3.8, 4) is 0 Å². The number of amides is 1. The summed E-state index contributed by atoms with van der Waals surface area (Å²) in [7, 11) is 1.33. The van der Waals surface area contributed by atoms with E-state index in [0.29, 0.717) is 22.7 Å². The van der Waals surface area contributed by atoms with E-state index in [1.807, 2.05) is 37.3 Å². The van der Waals surface area contributed by atoms with Gasteiger partial charge in [-0.15, -0.1) is 11.3 Å². The van der Waals surface area contributed by atoms with E-state index in [9.17, 15) is 9.59 Å². The summed E-state index contributed by atoms with van der Waals surface area (Å²) in [5.41, 5.74) is 4.26. The first-order chi connectivity index (χ1) is 14.0. The smallest absolute Gasteiger partial charge is 0.340 e. The maximum Gasteiger partial charge on any atom is 0.340 e. The Bertz CT molecular complexity index is 1030. The quantitative estimate of drug-likeness (QED) is 0.523. The summed E-state index contributed by atoms with van der Waals surface area (Å²) in [5, 5.41) is 6.78. The molecule has 0 bridgehead atoms. The lowest BCUT2D eigenvalue weighted by Gasteiger charge is -2.12. The Balaban J connectivity index is 1.72. The van der Waals surface area contributed by atoms with Crippen LogP contribution in [0.4, 0.5) is 10.7 Å². The standard InChI is InChI=1S/C23H24N2O3S/c1-4-17-9-5-6-11-20(17)24-14-16-8-7-10-18(13-16)21(26)25-22-19(23(27)28-3)12-15(2)29-22/h5-13,24H,4,14H2,1-3H3,(H,25,26). The molecule has 3 aromatic rings. The monoisotopic (exact) mass is 408 g/mol. The SMILES string of the molecule is CCc1ccccc1NCc1cccc(C(=O)Nc2sc(C)cc2C(=O)OC)c1. The fourth-order valence-electron chi connectivity index (χ4n) is 3.06. The molecule has 5 nitrogen and oxygen atoms in total. The molecule has 2 N–H and O–H groups in total. The lowest BCUT2D eigenvalue weighted by atomic mass is 10.1. The Morgan fingerprint density at radius 2 is 1.86 bits per heavy atom. The molecule has 1 heterocycles. The molecule has 0 radical (unpaired) electrons. The van der Waals surface area contributed by atoms with Gasteiger partial charge in [-0.05, 0) is 48.7 Å². The maximum atomic E-state index is 12.7. The number of nitrogens with one attached hydrogen (secondary N) is 2. The van der Waals surface area contributed by atoms with Gasteiger partial charge < -0.3 is 15.4 Å². The summed E-state index contributed by atoms with van der Waals surface area (Å²) >= 11 is 1.35. The van der Waals surface area contributed by atoms with Gasteiger partial charge in [0.05, 0.1) is 12.7 Å². The van der Waals surface area contributed by atoms with Crippen LogP contribution < -0.4 is 10.6 Å². The van der Waals surface area contributed by atoms with Crippen LogP contribution in [0.2, 0.25) is 0 Å². The van der Waals surface area contributed by atoms with E-state index in [1.165, 1.54) is 24.0 Å². The molecule has 0 aliphatic heterocycles. The van der Waals surface area contributed by atoms with Gasteiger partial charge in [-0.3, -0.25) is 4.79 Å². The second kappa shape index (κ2) is 9.39. The number of carbonyl (C=O) groups excluding carboxylic acids is 2. The number of aryl methyl sites for hydroxylation is 2. The van der Waals surface area contributed by atoms with Gasteiger partial charge in [-0.1, -0.05) is 37.3 Å². The Morgan fingerprint density at radius 1 is 1.07 bits per heavy atom. The number of rotatable bonds is 7. The lowest BCUT2D eigenvalue weighted by molar-refractivity contribution is 0.0602. The predicted molar refractivity (Wildman–Crippen MR) is 118 cm³/mol. The fraction of sp³-hybridized carbons (Fsp3) is 0.217. The highest BCUT2D eigenvalue weighted by Gasteiger charge is 2.18. The summed E-state index contributed by atoms with van der Waals surface area (Å²) in [6, 6.07) is 17.4. The zero-order valence-corrected chi connectivity index (χ0v) is 17.6. The van der Waals surface area contributed by atoms with Crippen LogP contribution in [0.1, 0.15) is 43.6 Å². The van der Waals surface area contributed by atoms with Gasteiger partial charge in [0, 0.05) is 22.7 Å². The minimum Gasteiger partial charge on any atom is -0.465 e. The van der Waals surface area contributed by atoms with Crippen molar-refractivity contribution in [1.29, 1.82) is 0 Å². The summed E-state index contributed by atoms with van der Waals surface area (Å²) in [6.45, 7) is 4.62. The molecular weight excluding hydrogens is 384 g/mol. The summed E-state index contributed by atoms with van der Waals surface area (Å²) in [4.78, 5) is 25.6. The average Bonchev–Trinajstić information content (AvgIpc) is 3.12. The van der Waals surface area contributed by atoms with Gasteiger partial charge in [0.2, 0.25) is 0 Å². The van der Waals surface area contributed by atoms with Gasteiger partial charge in [0.15, 0.2) is 0 Å². The lowest BCUT2D eigenvalue weighted by Crippen LogP contribution is -2.14. The molecule has 6 heteroatoms. The third-order valence-electron chi connectivity index (χ3n) is 4.56. The van der Waals surface area contributed by atoms with Gasteiger partial charge in [0.1, 0.15) is 5.00 Å². The van der Waals surface area contributed by atoms with Crippen molar-refractivity contribution in [3.63, 3.8) is 0 Å². The van der Waals surface area contributed by atoms with Crippen molar-refractivity contribution >= 4 is 33.9 Å². The fourth-order valence-corrected chi connectivity index (χ4v) is 3.96. The minimum atomic E-state index is -0.461. The Labute approximate surface area is 174 Å². The first-order valence-corrected chi connectivity index (χ1v) is 10.2. The largest absolute Gasteiger partial charge is 0.465 e. The molecule has 0 unspecified atom stereocenters. The molecule has 29 heavy (non-hydrogen) atoms. The highest BCUT2D eigenvalue weighted by molar-refractivity contribution is 7.16.